The molecule has 7 nitrogen and oxygen atoms in total. The highest BCUT2D eigenvalue weighted by Gasteiger charge is 2.12. The number of thiazole rings is 1. The van der Waals surface area contributed by atoms with Crippen molar-refractivity contribution in [1.29, 1.82) is 0 Å². The minimum absolute atomic E-state index is 0.0649. The van der Waals surface area contributed by atoms with Gasteiger partial charge in [-0.15, -0.1) is 0 Å². The summed E-state index contributed by atoms with van der Waals surface area (Å²) in [5.41, 5.74) is 2.01. The summed E-state index contributed by atoms with van der Waals surface area (Å²) in [6.45, 7) is 2.57. The van der Waals surface area contributed by atoms with E-state index in [2.05, 4.69) is 4.99 Å². The fraction of sp³-hybridized carbons (Fsp3) is 0.250. The number of ether oxygens (including phenoxy) is 1. The molecule has 0 saturated heterocycles. The molecule has 3 rings (SSSR count). The lowest BCUT2D eigenvalue weighted by molar-refractivity contribution is -0.117. The van der Waals surface area contributed by atoms with Gasteiger partial charge in [0.15, 0.2) is 14.6 Å². The maximum absolute atomic E-state index is 12.5. The van der Waals surface area contributed by atoms with Crippen LogP contribution in [0.5, 0.6) is 0 Å². The SMILES string of the molecule is CCn1c(=NC(=O)Cc2ccc(S(C)(=O)=O)cc2)sc2cc(C(=O)OC)ccc21. The maximum atomic E-state index is 12.5. The average Bonchev–Trinajstić information content (AvgIpc) is 3.02. The number of methoxy groups -OCH3 is 1. The molecule has 9 heteroatoms. The van der Waals surface area contributed by atoms with Gasteiger partial charge in [0, 0.05) is 12.8 Å². The summed E-state index contributed by atoms with van der Waals surface area (Å²) in [6.07, 6.45) is 1.20. The summed E-state index contributed by atoms with van der Waals surface area (Å²) < 4.78 is 30.6. The first kappa shape index (κ1) is 20.9. The quantitative estimate of drug-likeness (QED) is 0.578. The summed E-state index contributed by atoms with van der Waals surface area (Å²) in [4.78, 5) is 29.2. The van der Waals surface area contributed by atoms with Gasteiger partial charge in [-0.3, -0.25) is 4.79 Å². The normalized spacial score (nSPS) is 12.3. The molecule has 1 aromatic heterocycles. The molecular formula is C20H20N2O5S2. The molecule has 0 bridgehead atoms. The molecule has 2 aromatic carbocycles. The number of esters is 1. The Morgan fingerprint density at radius 2 is 1.83 bits per heavy atom. The first-order chi connectivity index (χ1) is 13.7. The topological polar surface area (TPSA) is 94.8 Å². The van der Waals surface area contributed by atoms with E-state index in [0.717, 1.165) is 16.5 Å². The van der Waals surface area contributed by atoms with Crippen LogP contribution < -0.4 is 4.80 Å². The van der Waals surface area contributed by atoms with Crippen LogP contribution in [0.1, 0.15) is 22.8 Å². The first-order valence-corrected chi connectivity index (χ1v) is 11.5. The Labute approximate surface area is 172 Å². The van der Waals surface area contributed by atoms with E-state index in [4.69, 9.17) is 4.74 Å². The number of aromatic nitrogens is 1. The molecule has 1 amide bonds. The van der Waals surface area contributed by atoms with Crippen LogP contribution >= 0.6 is 11.3 Å². The second-order valence-electron chi connectivity index (χ2n) is 6.40. The molecule has 1 heterocycles. The van der Waals surface area contributed by atoms with Crippen LogP contribution in [-0.2, 0) is 32.3 Å². The lowest BCUT2D eigenvalue weighted by Crippen LogP contribution is -2.16. The van der Waals surface area contributed by atoms with Crippen molar-refractivity contribution in [3.63, 3.8) is 0 Å². The predicted molar refractivity (Wildman–Crippen MR) is 111 cm³/mol. The third-order valence-corrected chi connectivity index (χ3v) is 6.52. The van der Waals surface area contributed by atoms with Crippen molar-refractivity contribution in [2.24, 2.45) is 4.99 Å². The number of hydrogen-bond acceptors (Lipinski definition) is 6. The number of rotatable bonds is 5. The zero-order valence-electron chi connectivity index (χ0n) is 16.2. The molecule has 0 aliphatic heterocycles. The van der Waals surface area contributed by atoms with Gasteiger partial charge in [-0.1, -0.05) is 23.5 Å². The van der Waals surface area contributed by atoms with E-state index in [1.165, 1.54) is 30.6 Å². The summed E-state index contributed by atoms with van der Waals surface area (Å²) in [6, 6.07) is 11.4. The van der Waals surface area contributed by atoms with Crippen molar-refractivity contribution in [1.82, 2.24) is 4.57 Å². The molecule has 0 fully saturated rings. The third kappa shape index (κ3) is 4.63. The van der Waals surface area contributed by atoms with Crippen LogP contribution in [0.4, 0.5) is 0 Å². The smallest absolute Gasteiger partial charge is 0.337 e. The lowest BCUT2D eigenvalue weighted by Gasteiger charge is -2.02. The van der Waals surface area contributed by atoms with Gasteiger partial charge in [-0.2, -0.15) is 4.99 Å². The summed E-state index contributed by atoms with van der Waals surface area (Å²) in [5.74, 6) is -0.755. The van der Waals surface area contributed by atoms with Crippen LogP contribution in [0.25, 0.3) is 10.2 Å². The average molecular weight is 433 g/mol. The third-order valence-electron chi connectivity index (χ3n) is 4.35. The lowest BCUT2D eigenvalue weighted by atomic mass is 10.1. The van der Waals surface area contributed by atoms with Gasteiger partial charge in [0.2, 0.25) is 0 Å². The first-order valence-electron chi connectivity index (χ1n) is 8.81. The fourth-order valence-electron chi connectivity index (χ4n) is 2.88. The van der Waals surface area contributed by atoms with E-state index in [1.807, 2.05) is 17.6 Å². The van der Waals surface area contributed by atoms with Crippen molar-refractivity contribution in [2.75, 3.05) is 13.4 Å². The number of carbonyl (C=O) groups is 2. The standard InChI is InChI=1S/C20H20N2O5S2/c1-4-22-16-10-7-14(19(24)27-2)12-17(16)28-20(22)21-18(23)11-13-5-8-15(9-6-13)29(3,25)26/h5-10,12H,4,11H2,1-3H3. The van der Waals surface area contributed by atoms with Crippen molar-refractivity contribution in [2.45, 2.75) is 24.8 Å². The molecule has 152 valence electrons. The molecule has 29 heavy (non-hydrogen) atoms. The monoisotopic (exact) mass is 432 g/mol. The molecule has 0 saturated carbocycles. The highest BCUT2D eigenvalue weighted by Crippen LogP contribution is 2.20. The van der Waals surface area contributed by atoms with Crippen LogP contribution in [0, 0.1) is 0 Å². The van der Waals surface area contributed by atoms with E-state index >= 15 is 0 Å². The molecule has 0 atom stereocenters. The van der Waals surface area contributed by atoms with Crippen LogP contribution in [-0.4, -0.2) is 38.2 Å². The van der Waals surface area contributed by atoms with Crippen molar-refractivity contribution in [3.8, 4) is 0 Å². The van der Waals surface area contributed by atoms with E-state index in [1.54, 1.807) is 24.3 Å². The Balaban J connectivity index is 1.92. The summed E-state index contributed by atoms with van der Waals surface area (Å²) >= 11 is 1.32. The van der Waals surface area contributed by atoms with E-state index in [-0.39, 0.29) is 17.2 Å². The van der Waals surface area contributed by atoms with Gasteiger partial charge in [0.1, 0.15) is 0 Å². The van der Waals surface area contributed by atoms with E-state index in [9.17, 15) is 18.0 Å². The molecule has 0 aliphatic carbocycles. The highest BCUT2D eigenvalue weighted by atomic mass is 32.2. The number of aryl methyl sites for hydroxylation is 1. The Bertz CT molecular complexity index is 1250. The number of sulfone groups is 1. The van der Waals surface area contributed by atoms with Gasteiger partial charge in [0.05, 0.1) is 34.2 Å². The maximum Gasteiger partial charge on any atom is 0.337 e. The molecule has 0 radical (unpaired) electrons. The molecule has 0 aliphatic rings. The number of nitrogens with zero attached hydrogens (tertiary/aromatic N) is 2. The fourth-order valence-corrected chi connectivity index (χ4v) is 4.67. The largest absolute Gasteiger partial charge is 0.465 e. The van der Waals surface area contributed by atoms with Gasteiger partial charge in [0.25, 0.3) is 5.91 Å². The van der Waals surface area contributed by atoms with Crippen molar-refractivity contribution in [3.05, 3.63) is 58.4 Å². The van der Waals surface area contributed by atoms with Gasteiger partial charge < -0.3 is 9.30 Å². The van der Waals surface area contributed by atoms with Crippen LogP contribution in [0.3, 0.4) is 0 Å². The number of hydrogen-bond donors (Lipinski definition) is 0. The number of benzene rings is 2. The predicted octanol–water partition coefficient (Wildman–Crippen LogP) is 2.58. The zero-order valence-corrected chi connectivity index (χ0v) is 17.8. The Kier molecular flexibility index (Phi) is 5.99. The van der Waals surface area contributed by atoms with Gasteiger partial charge in [-0.05, 0) is 42.8 Å². The van der Waals surface area contributed by atoms with E-state index in [0.29, 0.717) is 22.5 Å². The Morgan fingerprint density at radius 1 is 1.14 bits per heavy atom. The second-order valence-corrected chi connectivity index (χ2v) is 9.43. The number of carbonyl (C=O) groups excluding carboxylic acids is 2. The zero-order chi connectivity index (χ0) is 21.2. The van der Waals surface area contributed by atoms with Crippen molar-refractivity contribution >= 4 is 43.3 Å². The van der Waals surface area contributed by atoms with E-state index < -0.39 is 15.8 Å². The van der Waals surface area contributed by atoms with Gasteiger partial charge >= 0.3 is 5.97 Å². The molecule has 0 unspecified atom stereocenters. The molecule has 3 aromatic rings. The Morgan fingerprint density at radius 3 is 2.41 bits per heavy atom. The number of fused-ring (bicyclic) bond motifs is 1. The second kappa shape index (κ2) is 8.30. The minimum Gasteiger partial charge on any atom is -0.465 e. The Hall–Kier alpha value is -2.78. The summed E-state index contributed by atoms with van der Waals surface area (Å²) in [7, 11) is -1.95. The van der Waals surface area contributed by atoms with Crippen LogP contribution in [0.2, 0.25) is 0 Å². The summed E-state index contributed by atoms with van der Waals surface area (Å²) in [5, 5.41) is 0. The number of amides is 1. The highest BCUT2D eigenvalue weighted by molar-refractivity contribution is 7.90. The minimum atomic E-state index is -3.28. The molecule has 0 N–H and O–H groups in total. The van der Waals surface area contributed by atoms with Crippen LogP contribution in [0.15, 0.2) is 52.4 Å². The van der Waals surface area contributed by atoms with Gasteiger partial charge in [-0.25, -0.2) is 13.2 Å². The van der Waals surface area contributed by atoms with Crippen molar-refractivity contribution < 1.29 is 22.7 Å². The molecule has 0 spiro atoms. The molecular weight excluding hydrogens is 412 g/mol.